The number of phenolic OH excluding ortho intramolecular Hbond substituents is 1. The molecule has 0 bridgehead atoms. The van der Waals surface area contributed by atoms with Crippen LogP contribution in [0.4, 0.5) is 4.79 Å². The van der Waals surface area contributed by atoms with Gasteiger partial charge >= 0.3 is 6.09 Å². The van der Waals surface area contributed by atoms with Gasteiger partial charge in [0.25, 0.3) is 0 Å². The summed E-state index contributed by atoms with van der Waals surface area (Å²) in [5, 5.41) is 11.1. The highest BCUT2D eigenvalue weighted by atomic mass is 16.6. The second kappa shape index (κ2) is 10.2. The number of aryl methyl sites for hydroxylation is 1. The van der Waals surface area contributed by atoms with E-state index in [-0.39, 0.29) is 23.7 Å². The first kappa shape index (κ1) is 22.5. The molecule has 1 aliphatic carbocycles. The molecule has 4 nitrogen and oxygen atoms in total. The Morgan fingerprint density at radius 3 is 2.67 bits per heavy atom. The topological polar surface area (TPSA) is 49.8 Å². The van der Waals surface area contributed by atoms with Gasteiger partial charge in [-0.3, -0.25) is 0 Å². The van der Waals surface area contributed by atoms with Crippen LogP contribution in [0.1, 0.15) is 82.8 Å². The second-order valence-corrected chi connectivity index (χ2v) is 9.08. The average Bonchev–Trinajstić information content (AvgIpc) is 3.23. The molecule has 1 amide bonds. The van der Waals surface area contributed by atoms with Gasteiger partial charge in [0.15, 0.2) is 0 Å². The van der Waals surface area contributed by atoms with Crippen molar-refractivity contribution in [3.8, 4) is 11.5 Å². The molecule has 0 unspecified atom stereocenters. The van der Waals surface area contributed by atoms with E-state index in [0.717, 1.165) is 81.2 Å². The number of unbranched alkanes of at least 4 members (excludes halogenated alkanes) is 2. The summed E-state index contributed by atoms with van der Waals surface area (Å²) in [5.74, 6) is 0.952. The maximum atomic E-state index is 12.8. The molecular formula is C26H37NO3. The molecule has 1 aromatic rings. The molecule has 2 atom stereocenters. The zero-order valence-electron chi connectivity index (χ0n) is 18.9. The third-order valence-electron chi connectivity index (χ3n) is 6.52. The normalized spacial score (nSPS) is 21.4. The summed E-state index contributed by atoms with van der Waals surface area (Å²) < 4.78 is 5.94. The third-order valence-corrected chi connectivity index (χ3v) is 6.52. The van der Waals surface area contributed by atoms with Crippen molar-refractivity contribution in [1.29, 1.82) is 0 Å². The van der Waals surface area contributed by atoms with Crippen LogP contribution in [0, 0.1) is 5.92 Å². The quantitative estimate of drug-likeness (QED) is 0.399. The molecule has 0 saturated carbocycles. The SMILES string of the molecule is C=C(C)[C@@H]1CCC(C)=C[C@H]1c1c(O)cc(CCCCC)cc1OC(=O)N1CCCC1. The van der Waals surface area contributed by atoms with E-state index in [1.54, 1.807) is 4.90 Å². The van der Waals surface area contributed by atoms with E-state index in [0.29, 0.717) is 5.75 Å². The Hall–Kier alpha value is -2.23. The smallest absolute Gasteiger partial charge is 0.415 e. The number of ether oxygens (including phenoxy) is 1. The standard InChI is InChI=1S/C26H37NO3/c1-5-6-7-10-20-16-23(28)25(22-15-19(4)11-12-21(22)18(2)3)24(17-20)30-26(29)27-13-8-9-14-27/h15-17,21-22,28H,2,5-14H2,1,3-4H3/t21-,22+/m0/s1. The molecule has 0 radical (unpaired) electrons. The number of allylic oxidation sites excluding steroid dienone is 3. The van der Waals surface area contributed by atoms with Crippen molar-refractivity contribution >= 4 is 6.09 Å². The minimum absolute atomic E-state index is 0.0256. The van der Waals surface area contributed by atoms with Crippen molar-refractivity contribution in [1.82, 2.24) is 4.90 Å². The van der Waals surface area contributed by atoms with Gasteiger partial charge in [0.2, 0.25) is 0 Å². The van der Waals surface area contributed by atoms with E-state index in [1.807, 2.05) is 12.1 Å². The predicted octanol–water partition coefficient (Wildman–Crippen LogP) is 6.74. The largest absolute Gasteiger partial charge is 0.507 e. The van der Waals surface area contributed by atoms with Gasteiger partial charge in [-0.1, -0.05) is 43.6 Å². The van der Waals surface area contributed by atoms with Gasteiger partial charge in [-0.2, -0.15) is 0 Å². The number of benzene rings is 1. The van der Waals surface area contributed by atoms with E-state index in [1.165, 1.54) is 5.57 Å². The number of nitrogens with zero attached hydrogens (tertiary/aromatic N) is 1. The van der Waals surface area contributed by atoms with Crippen LogP contribution in [0.2, 0.25) is 0 Å². The van der Waals surface area contributed by atoms with Crippen LogP contribution < -0.4 is 4.74 Å². The summed E-state index contributed by atoms with van der Waals surface area (Å²) in [6, 6.07) is 3.84. The maximum Gasteiger partial charge on any atom is 0.415 e. The zero-order valence-corrected chi connectivity index (χ0v) is 18.9. The Labute approximate surface area is 181 Å². The summed E-state index contributed by atoms with van der Waals surface area (Å²) in [5.41, 5.74) is 4.17. The van der Waals surface area contributed by atoms with Crippen LogP contribution in [-0.4, -0.2) is 29.2 Å². The molecule has 1 heterocycles. The molecule has 1 aliphatic heterocycles. The van der Waals surface area contributed by atoms with Crippen LogP contribution in [0.5, 0.6) is 11.5 Å². The lowest BCUT2D eigenvalue weighted by atomic mass is 9.73. The molecule has 1 aromatic carbocycles. The number of phenols is 1. The molecular weight excluding hydrogens is 374 g/mol. The Morgan fingerprint density at radius 2 is 2.00 bits per heavy atom. The van der Waals surface area contributed by atoms with Gasteiger partial charge in [-0.15, -0.1) is 0 Å². The van der Waals surface area contributed by atoms with E-state index < -0.39 is 0 Å². The highest BCUT2D eigenvalue weighted by molar-refractivity contribution is 5.72. The van der Waals surface area contributed by atoms with Crippen LogP contribution in [0.3, 0.4) is 0 Å². The summed E-state index contributed by atoms with van der Waals surface area (Å²) >= 11 is 0. The number of amides is 1. The minimum Gasteiger partial charge on any atom is -0.507 e. The summed E-state index contributed by atoms with van der Waals surface area (Å²) in [4.78, 5) is 14.6. The number of aromatic hydroxyl groups is 1. The van der Waals surface area contributed by atoms with Crippen molar-refractivity contribution in [2.24, 2.45) is 5.92 Å². The average molecular weight is 412 g/mol. The lowest BCUT2D eigenvalue weighted by molar-refractivity contribution is 0.162. The van der Waals surface area contributed by atoms with Crippen molar-refractivity contribution in [3.63, 3.8) is 0 Å². The molecule has 2 aliphatic rings. The van der Waals surface area contributed by atoms with Crippen molar-refractivity contribution < 1.29 is 14.6 Å². The summed E-state index contributed by atoms with van der Waals surface area (Å²) in [6.45, 7) is 12.1. The van der Waals surface area contributed by atoms with E-state index in [9.17, 15) is 9.90 Å². The van der Waals surface area contributed by atoms with Gasteiger partial charge in [-0.25, -0.2) is 4.79 Å². The molecule has 164 valence electrons. The maximum absolute atomic E-state index is 12.8. The van der Waals surface area contributed by atoms with Crippen molar-refractivity contribution in [2.75, 3.05) is 13.1 Å². The summed E-state index contributed by atoms with van der Waals surface area (Å²) in [6.07, 6.45) is 10.2. The van der Waals surface area contributed by atoms with Crippen LogP contribution in [0.15, 0.2) is 35.9 Å². The number of carbonyl (C=O) groups is 1. The Bertz CT molecular complexity index is 805. The third kappa shape index (κ3) is 5.27. The zero-order chi connectivity index (χ0) is 21.7. The first-order valence-corrected chi connectivity index (χ1v) is 11.6. The first-order chi connectivity index (χ1) is 14.4. The fourth-order valence-electron chi connectivity index (χ4n) is 4.77. The van der Waals surface area contributed by atoms with E-state index in [4.69, 9.17) is 4.74 Å². The lowest BCUT2D eigenvalue weighted by Gasteiger charge is -2.32. The highest BCUT2D eigenvalue weighted by Gasteiger charge is 2.32. The van der Waals surface area contributed by atoms with Crippen LogP contribution in [-0.2, 0) is 6.42 Å². The predicted molar refractivity (Wildman–Crippen MR) is 122 cm³/mol. The first-order valence-electron chi connectivity index (χ1n) is 11.6. The number of rotatable bonds is 7. The monoisotopic (exact) mass is 411 g/mol. The molecule has 0 spiro atoms. The Morgan fingerprint density at radius 1 is 1.27 bits per heavy atom. The fourth-order valence-corrected chi connectivity index (χ4v) is 4.77. The van der Waals surface area contributed by atoms with Crippen molar-refractivity contribution in [3.05, 3.63) is 47.1 Å². The molecule has 3 rings (SSSR count). The molecule has 1 saturated heterocycles. The Kier molecular flexibility index (Phi) is 7.63. The highest BCUT2D eigenvalue weighted by Crippen LogP contribution is 2.47. The van der Waals surface area contributed by atoms with Crippen LogP contribution in [0.25, 0.3) is 0 Å². The molecule has 0 aromatic heterocycles. The summed E-state index contributed by atoms with van der Waals surface area (Å²) in [7, 11) is 0. The van der Waals surface area contributed by atoms with Gasteiger partial charge in [-0.05, 0) is 76.0 Å². The minimum atomic E-state index is -0.303. The number of hydrogen-bond acceptors (Lipinski definition) is 3. The fraction of sp³-hybridized carbons (Fsp3) is 0.577. The number of carbonyl (C=O) groups excluding carboxylic acids is 1. The number of hydrogen-bond donors (Lipinski definition) is 1. The van der Waals surface area contributed by atoms with Gasteiger partial charge in [0.1, 0.15) is 11.5 Å². The van der Waals surface area contributed by atoms with Crippen LogP contribution >= 0.6 is 0 Å². The molecule has 30 heavy (non-hydrogen) atoms. The van der Waals surface area contributed by atoms with E-state index in [2.05, 4.69) is 33.4 Å². The number of likely N-dealkylation sites (tertiary alicyclic amines) is 1. The molecule has 4 heteroatoms. The van der Waals surface area contributed by atoms with E-state index >= 15 is 0 Å². The second-order valence-electron chi connectivity index (χ2n) is 9.08. The van der Waals surface area contributed by atoms with Crippen molar-refractivity contribution in [2.45, 2.75) is 78.1 Å². The lowest BCUT2D eigenvalue weighted by Crippen LogP contribution is -2.31. The van der Waals surface area contributed by atoms with Gasteiger partial charge in [0, 0.05) is 24.6 Å². The molecule has 1 N–H and O–H groups in total. The van der Waals surface area contributed by atoms with Gasteiger partial charge < -0.3 is 14.7 Å². The van der Waals surface area contributed by atoms with Gasteiger partial charge in [0.05, 0.1) is 0 Å². The molecule has 1 fully saturated rings. The Balaban J connectivity index is 1.99.